The fraction of sp³-hybridized carbons (Fsp3) is 0.231. The smallest absolute Gasteiger partial charge is 0.337 e. The molecule has 0 amide bonds. The Kier molecular flexibility index (Phi) is 3.29. The number of halogens is 1. The van der Waals surface area contributed by atoms with Crippen molar-refractivity contribution in [3.63, 3.8) is 0 Å². The van der Waals surface area contributed by atoms with Crippen molar-refractivity contribution >= 4 is 28.5 Å². The number of carbonyl (C=O) groups excluding carboxylic acids is 1. The fourth-order valence-electron chi connectivity index (χ4n) is 1.66. The minimum absolute atomic E-state index is 0.369. The van der Waals surface area contributed by atoms with Crippen molar-refractivity contribution in [1.82, 2.24) is 4.98 Å². The molecule has 0 aliphatic rings. The first-order valence-corrected chi connectivity index (χ1v) is 5.71. The number of carbonyl (C=O) groups is 1. The summed E-state index contributed by atoms with van der Waals surface area (Å²) in [6.07, 6.45) is 0.804. The first-order chi connectivity index (χ1) is 8.15. The van der Waals surface area contributed by atoms with Gasteiger partial charge in [0.15, 0.2) is 0 Å². The molecule has 2 aromatic rings. The maximum atomic E-state index is 11.4. The van der Waals surface area contributed by atoms with Crippen LogP contribution in [0.25, 0.3) is 10.9 Å². The van der Waals surface area contributed by atoms with Gasteiger partial charge in [-0.1, -0.05) is 24.6 Å². The normalized spacial score (nSPS) is 10.5. The van der Waals surface area contributed by atoms with Gasteiger partial charge >= 0.3 is 5.97 Å². The molecule has 0 saturated heterocycles. The summed E-state index contributed by atoms with van der Waals surface area (Å²) in [6, 6.07) is 7.03. The van der Waals surface area contributed by atoms with E-state index in [1.165, 1.54) is 7.11 Å². The lowest BCUT2D eigenvalue weighted by Crippen LogP contribution is -2.01. The van der Waals surface area contributed by atoms with Gasteiger partial charge in [-0.3, -0.25) is 4.98 Å². The largest absolute Gasteiger partial charge is 0.465 e. The van der Waals surface area contributed by atoms with Gasteiger partial charge in [0.1, 0.15) is 0 Å². The van der Waals surface area contributed by atoms with Gasteiger partial charge in [0.2, 0.25) is 0 Å². The minimum atomic E-state index is -0.369. The van der Waals surface area contributed by atoms with E-state index in [-0.39, 0.29) is 5.97 Å². The topological polar surface area (TPSA) is 39.2 Å². The molecule has 17 heavy (non-hydrogen) atoms. The number of aromatic nitrogens is 1. The third kappa shape index (κ3) is 2.24. The third-order valence-corrected chi connectivity index (χ3v) is 2.91. The predicted octanol–water partition coefficient (Wildman–Crippen LogP) is 3.24. The molecule has 0 saturated carbocycles. The number of esters is 1. The molecule has 0 aliphatic carbocycles. The van der Waals surface area contributed by atoms with Crippen LogP contribution in [0.2, 0.25) is 5.02 Å². The number of nitrogens with zero attached hydrogens (tertiary/aromatic N) is 1. The molecule has 3 nitrogen and oxygen atoms in total. The average Bonchev–Trinajstić information content (AvgIpc) is 2.36. The van der Waals surface area contributed by atoms with Crippen molar-refractivity contribution in [3.05, 3.63) is 40.5 Å². The molecule has 0 unspecified atom stereocenters. The highest BCUT2D eigenvalue weighted by Gasteiger charge is 2.09. The zero-order valence-electron chi connectivity index (χ0n) is 9.66. The lowest BCUT2D eigenvalue weighted by Gasteiger charge is -2.05. The molecule has 1 aromatic carbocycles. The van der Waals surface area contributed by atoms with Crippen LogP contribution in [0.3, 0.4) is 0 Å². The van der Waals surface area contributed by atoms with Crippen LogP contribution >= 0.6 is 11.6 Å². The van der Waals surface area contributed by atoms with Crippen LogP contribution in [-0.2, 0) is 11.2 Å². The van der Waals surface area contributed by atoms with Crippen LogP contribution in [0.15, 0.2) is 24.3 Å². The lowest BCUT2D eigenvalue weighted by atomic mass is 10.1. The van der Waals surface area contributed by atoms with Crippen LogP contribution in [0.1, 0.15) is 23.0 Å². The first kappa shape index (κ1) is 11.9. The average molecular weight is 250 g/mol. The number of hydrogen-bond donors (Lipinski definition) is 0. The molecular formula is C13H12ClNO2. The molecule has 0 aliphatic heterocycles. The number of ether oxygens (including phenoxy) is 1. The van der Waals surface area contributed by atoms with Gasteiger partial charge in [-0.05, 0) is 24.6 Å². The highest BCUT2D eigenvalue weighted by Crippen LogP contribution is 2.24. The molecule has 0 atom stereocenters. The molecule has 0 bridgehead atoms. The summed E-state index contributed by atoms with van der Waals surface area (Å²) in [5, 5.41) is 1.50. The van der Waals surface area contributed by atoms with Crippen molar-refractivity contribution in [2.75, 3.05) is 7.11 Å². The Morgan fingerprint density at radius 3 is 2.82 bits per heavy atom. The third-order valence-electron chi connectivity index (χ3n) is 2.60. The molecule has 0 radical (unpaired) electrons. The number of hydrogen-bond acceptors (Lipinski definition) is 3. The molecule has 0 spiro atoms. The Bertz CT molecular complexity index is 581. The first-order valence-electron chi connectivity index (χ1n) is 5.33. The molecular weight excluding hydrogens is 238 g/mol. The molecule has 1 heterocycles. The van der Waals surface area contributed by atoms with Crippen LogP contribution < -0.4 is 0 Å². The summed E-state index contributed by atoms with van der Waals surface area (Å²) in [7, 11) is 1.36. The fourth-order valence-corrected chi connectivity index (χ4v) is 1.95. The maximum absolute atomic E-state index is 11.4. The van der Waals surface area contributed by atoms with Gasteiger partial charge in [-0.2, -0.15) is 0 Å². The number of rotatable bonds is 2. The monoisotopic (exact) mass is 249 g/mol. The Balaban J connectivity index is 2.63. The number of aryl methyl sites for hydroxylation is 1. The second kappa shape index (κ2) is 4.72. The van der Waals surface area contributed by atoms with Gasteiger partial charge in [-0.15, -0.1) is 0 Å². The lowest BCUT2D eigenvalue weighted by molar-refractivity contribution is 0.0601. The van der Waals surface area contributed by atoms with Crippen LogP contribution in [-0.4, -0.2) is 18.1 Å². The molecule has 0 fully saturated rings. The second-order valence-electron chi connectivity index (χ2n) is 3.67. The van der Waals surface area contributed by atoms with E-state index >= 15 is 0 Å². The van der Waals surface area contributed by atoms with Crippen LogP contribution in [0.5, 0.6) is 0 Å². The van der Waals surface area contributed by atoms with E-state index in [1.54, 1.807) is 18.2 Å². The zero-order valence-corrected chi connectivity index (χ0v) is 10.4. The quantitative estimate of drug-likeness (QED) is 0.767. The summed E-state index contributed by atoms with van der Waals surface area (Å²) in [4.78, 5) is 15.9. The van der Waals surface area contributed by atoms with E-state index < -0.39 is 0 Å². The molecule has 1 aromatic heterocycles. The summed E-state index contributed by atoms with van der Waals surface area (Å²) in [6.45, 7) is 2.01. The number of pyridine rings is 1. The number of fused-ring (bicyclic) bond motifs is 1. The molecule has 88 valence electrons. The van der Waals surface area contributed by atoms with E-state index in [2.05, 4.69) is 9.72 Å². The molecule has 0 N–H and O–H groups in total. The van der Waals surface area contributed by atoms with Gasteiger partial charge in [0.05, 0.1) is 23.2 Å². The Hall–Kier alpha value is -1.61. The van der Waals surface area contributed by atoms with Crippen molar-refractivity contribution in [3.8, 4) is 0 Å². The minimum Gasteiger partial charge on any atom is -0.465 e. The summed E-state index contributed by atoms with van der Waals surface area (Å²) in [5.74, 6) is -0.369. The van der Waals surface area contributed by atoms with E-state index in [1.807, 2.05) is 13.0 Å². The van der Waals surface area contributed by atoms with Gasteiger partial charge < -0.3 is 4.74 Å². The number of benzene rings is 1. The molecule has 2 rings (SSSR count). The van der Waals surface area contributed by atoms with E-state index in [9.17, 15) is 4.79 Å². The standard InChI is InChI=1S/C13H12ClNO2/c1-3-9-7-11(14)10-5-4-8(13(16)17-2)6-12(10)15-9/h4-7H,3H2,1-2H3. The van der Waals surface area contributed by atoms with E-state index in [0.29, 0.717) is 10.6 Å². The highest BCUT2D eigenvalue weighted by molar-refractivity contribution is 6.35. The van der Waals surface area contributed by atoms with Gasteiger partial charge in [0.25, 0.3) is 0 Å². The predicted molar refractivity (Wildman–Crippen MR) is 67.5 cm³/mol. The summed E-state index contributed by atoms with van der Waals surface area (Å²) < 4.78 is 4.67. The zero-order chi connectivity index (χ0) is 12.4. The van der Waals surface area contributed by atoms with Gasteiger partial charge in [0, 0.05) is 11.1 Å². The SMILES string of the molecule is CCc1cc(Cl)c2ccc(C(=O)OC)cc2n1. The van der Waals surface area contributed by atoms with Crippen molar-refractivity contribution in [2.45, 2.75) is 13.3 Å². The Morgan fingerprint density at radius 2 is 2.18 bits per heavy atom. The molecule has 4 heteroatoms. The van der Waals surface area contributed by atoms with Gasteiger partial charge in [-0.25, -0.2) is 4.79 Å². The maximum Gasteiger partial charge on any atom is 0.337 e. The highest BCUT2D eigenvalue weighted by atomic mass is 35.5. The Morgan fingerprint density at radius 1 is 1.41 bits per heavy atom. The summed E-state index contributed by atoms with van der Waals surface area (Å²) in [5.41, 5.74) is 2.11. The second-order valence-corrected chi connectivity index (χ2v) is 4.08. The van der Waals surface area contributed by atoms with Crippen LogP contribution in [0, 0.1) is 0 Å². The van der Waals surface area contributed by atoms with E-state index in [0.717, 1.165) is 23.0 Å². The van der Waals surface area contributed by atoms with Crippen LogP contribution in [0.4, 0.5) is 0 Å². The van der Waals surface area contributed by atoms with Crippen molar-refractivity contribution in [1.29, 1.82) is 0 Å². The van der Waals surface area contributed by atoms with Crippen molar-refractivity contribution < 1.29 is 9.53 Å². The van der Waals surface area contributed by atoms with E-state index in [4.69, 9.17) is 11.6 Å². The summed E-state index contributed by atoms with van der Waals surface area (Å²) >= 11 is 6.15. The number of methoxy groups -OCH3 is 1. The van der Waals surface area contributed by atoms with Crippen molar-refractivity contribution in [2.24, 2.45) is 0 Å². The Labute approximate surface area is 104 Å².